The summed E-state index contributed by atoms with van der Waals surface area (Å²) in [6.07, 6.45) is 3.50. The van der Waals surface area contributed by atoms with E-state index in [1.807, 2.05) is 19.1 Å². The van der Waals surface area contributed by atoms with Crippen LogP contribution >= 0.6 is 23.4 Å². The highest BCUT2D eigenvalue weighted by atomic mass is 35.5. The van der Waals surface area contributed by atoms with Crippen LogP contribution in [0.1, 0.15) is 18.0 Å². The number of nitrogens with zero attached hydrogens (tertiary/aromatic N) is 5. The molecule has 3 rings (SSSR count). The number of rotatable bonds is 4. The molecule has 0 aliphatic heterocycles. The van der Waals surface area contributed by atoms with E-state index in [-0.39, 0.29) is 5.25 Å². The van der Waals surface area contributed by atoms with Crippen LogP contribution in [0.3, 0.4) is 0 Å². The molecule has 2 aromatic heterocycles. The van der Waals surface area contributed by atoms with Gasteiger partial charge in [0.2, 0.25) is 0 Å². The van der Waals surface area contributed by atoms with E-state index in [1.165, 1.54) is 4.80 Å². The highest BCUT2D eigenvalue weighted by Crippen LogP contribution is 2.30. The smallest absolute Gasteiger partial charge is 0.188 e. The van der Waals surface area contributed by atoms with Gasteiger partial charge in [0.25, 0.3) is 0 Å². The van der Waals surface area contributed by atoms with Crippen LogP contribution < -0.4 is 0 Å². The number of nitrogens with one attached hydrogen (secondary N) is 1. The quantitative estimate of drug-likeness (QED) is 0.750. The van der Waals surface area contributed by atoms with Crippen LogP contribution in [-0.2, 0) is 0 Å². The van der Waals surface area contributed by atoms with Crippen LogP contribution in [0.2, 0.25) is 5.02 Å². The first-order valence-corrected chi connectivity index (χ1v) is 7.20. The van der Waals surface area contributed by atoms with Crippen LogP contribution in [-0.4, -0.2) is 30.2 Å². The maximum absolute atomic E-state index is 5.95. The molecule has 1 unspecified atom stereocenters. The van der Waals surface area contributed by atoms with Crippen LogP contribution in [0.25, 0.3) is 5.69 Å². The Morgan fingerprint density at radius 3 is 3.05 bits per heavy atom. The summed E-state index contributed by atoms with van der Waals surface area (Å²) in [5.41, 5.74) is 0.784. The number of H-pyrrole nitrogens is 1. The first-order chi connectivity index (χ1) is 9.72. The molecule has 0 aliphatic rings. The average molecular weight is 307 g/mol. The number of halogens is 1. The number of tetrazole rings is 1. The van der Waals surface area contributed by atoms with Crippen LogP contribution in [0.15, 0.2) is 41.8 Å². The Balaban J connectivity index is 1.79. The first-order valence-electron chi connectivity index (χ1n) is 5.94. The third-order valence-corrected chi connectivity index (χ3v) is 3.84. The first kappa shape index (κ1) is 13.1. The molecular weight excluding hydrogens is 296 g/mol. The number of benzene rings is 1. The van der Waals surface area contributed by atoms with Gasteiger partial charge in [0, 0.05) is 17.4 Å². The molecule has 0 bridgehead atoms. The number of aromatic amines is 1. The number of imidazole rings is 1. The Labute approximate surface area is 124 Å². The molecule has 8 heteroatoms. The van der Waals surface area contributed by atoms with E-state index in [0.29, 0.717) is 10.8 Å². The lowest BCUT2D eigenvalue weighted by Gasteiger charge is -2.03. The SMILES string of the molecule is CC(Sc1ncc[nH]1)c1nnn(-c2cccc(Cl)c2)n1. The standard InChI is InChI=1S/C12H11ClN6S/c1-8(20-12-14-5-6-15-12)11-16-18-19(17-11)10-4-2-3-9(13)7-10/h2-8H,1H3,(H,14,15). The fraction of sp³-hybridized carbons (Fsp3) is 0.167. The van der Waals surface area contributed by atoms with Gasteiger partial charge in [0.15, 0.2) is 11.0 Å². The van der Waals surface area contributed by atoms with Crippen molar-refractivity contribution in [2.45, 2.75) is 17.3 Å². The molecule has 1 aromatic carbocycles. The Kier molecular flexibility index (Phi) is 3.70. The lowest BCUT2D eigenvalue weighted by atomic mass is 10.3. The zero-order chi connectivity index (χ0) is 13.9. The molecule has 0 saturated heterocycles. The van der Waals surface area contributed by atoms with Crippen molar-refractivity contribution in [3.63, 3.8) is 0 Å². The lowest BCUT2D eigenvalue weighted by molar-refractivity contribution is 0.717. The highest BCUT2D eigenvalue weighted by Gasteiger charge is 2.15. The van der Waals surface area contributed by atoms with Crippen LogP contribution in [0, 0.1) is 0 Å². The minimum Gasteiger partial charge on any atom is -0.340 e. The summed E-state index contributed by atoms with van der Waals surface area (Å²) in [5.74, 6) is 0.645. The Morgan fingerprint density at radius 2 is 2.30 bits per heavy atom. The third-order valence-electron chi connectivity index (χ3n) is 2.59. The van der Waals surface area contributed by atoms with Gasteiger partial charge in [-0.15, -0.1) is 15.0 Å². The van der Waals surface area contributed by atoms with E-state index >= 15 is 0 Å². The molecule has 0 amide bonds. The normalized spacial score (nSPS) is 12.5. The summed E-state index contributed by atoms with van der Waals surface area (Å²) >= 11 is 7.50. The Hall–Kier alpha value is -1.86. The van der Waals surface area contributed by atoms with Gasteiger partial charge in [-0.2, -0.15) is 0 Å². The molecule has 1 N–H and O–H groups in total. The van der Waals surface area contributed by atoms with Crippen molar-refractivity contribution >= 4 is 23.4 Å². The second-order valence-electron chi connectivity index (χ2n) is 4.07. The zero-order valence-corrected chi connectivity index (χ0v) is 12.1. The summed E-state index contributed by atoms with van der Waals surface area (Å²) in [6.45, 7) is 2.01. The molecular formula is C12H11ClN6S. The van der Waals surface area contributed by atoms with Gasteiger partial charge in [-0.05, 0) is 30.3 Å². The minimum atomic E-state index is 0.0501. The van der Waals surface area contributed by atoms with Crippen molar-refractivity contribution in [3.8, 4) is 5.69 Å². The molecule has 102 valence electrons. The highest BCUT2D eigenvalue weighted by molar-refractivity contribution is 7.99. The molecule has 1 atom stereocenters. The van der Waals surface area contributed by atoms with Crippen molar-refractivity contribution in [1.82, 2.24) is 30.2 Å². The number of hydrogen-bond donors (Lipinski definition) is 1. The predicted octanol–water partition coefficient (Wildman–Crippen LogP) is 2.89. The fourth-order valence-corrected chi connectivity index (χ4v) is 2.61. The van der Waals surface area contributed by atoms with E-state index in [2.05, 4.69) is 25.4 Å². The zero-order valence-electron chi connectivity index (χ0n) is 10.6. The third kappa shape index (κ3) is 2.83. The molecule has 0 aliphatic carbocycles. The molecule has 3 aromatic rings. The fourth-order valence-electron chi connectivity index (χ4n) is 1.63. The number of aromatic nitrogens is 6. The van der Waals surface area contributed by atoms with Gasteiger partial charge in [0.1, 0.15) is 0 Å². The van der Waals surface area contributed by atoms with Gasteiger partial charge in [0.05, 0.1) is 10.9 Å². The molecule has 0 saturated carbocycles. The second-order valence-corrected chi connectivity index (χ2v) is 5.84. The largest absolute Gasteiger partial charge is 0.340 e. The Morgan fingerprint density at radius 1 is 1.40 bits per heavy atom. The van der Waals surface area contributed by atoms with Crippen LogP contribution in [0.5, 0.6) is 0 Å². The van der Waals surface area contributed by atoms with Crippen LogP contribution in [0.4, 0.5) is 0 Å². The lowest BCUT2D eigenvalue weighted by Crippen LogP contribution is -1.99. The number of hydrogen-bond acceptors (Lipinski definition) is 5. The van der Waals surface area contributed by atoms with E-state index in [4.69, 9.17) is 11.6 Å². The predicted molar refractivity (Wildman–Crippen MR) is 77.0 cm³/mol. The van der Waals surface area contributed by atoms with Crippen molar-refractivity contribution in [3.05, 3.63) is 47.5 Å². The second kappa shape index (κ2) is 5.64. The van der Waals surface area contributed by atoms with Crippen molar-refractivity contribution in [1.29, 1.82) is 0 Å². The van der Waals surface area contributed by atoms with E-state index in [1.54, 1.807) is 36.3 Å². The monoisotopic (exact) mass is 306 g/mol. The molecule has 0 fully saturated rings. The maximum Gasteiger partial charge on any atom is 0.188 e. The maximum atomic E-state index is 5.95. The van der Waals surface area contributed by atoms with Gasteiger partial charge in [-0.1, -0.05) is 29.4 Å². The van der Waals surface area contributed by atoms with Gasteiger partial charge in [-0.25, -0.2) is 4.98 Å². The number of thioether (sulfide) groups is 1. The summed E-state index contributed by atoms with van der Waals surface area (Å²) in [4.78, 5) is 8.67. The summed E-state index contributed by atoms with van der Waals surface area (Å²) in [7, 11) is 0. The van der Waals surface area contributed by atoms with Crippen molar-refractivity contribution in [2.75, 3.05) is 0 Å². The topological polar surface area (TPSA) is 72.3 Å². The Bertz CT molecular complexity index is 696. The summed E-state index contributed by atoms with van der Waals surface area (Å²) in [5, 5.41) is 14.0. The molecule has 2 heterocycles. The van der Waals surface area contributed by atoms with Gasteiger partial charge < -0.3 is 4.98 Å². The molecule has 0 radical (unpaired) electrons. The van der Waals surface area contributed by atoms with E-state index in [9.17, 15) is 0 Å². The molecule has 6 nitrogen and oxygen atoms in total. The van der Waals surface area contributed by atoms with Crippen molar-refractivity contribution < 1.29 is 0 Å². The van der Waals surface area contributed by atoms with Crippen molar-refractivity contribution in [2.24, 2.45) is 0 Å². The van der Waals surface area contributed by atoms with E-state index in [0.717, 1.165) is 10.8 Å². The van der Waals surface area contributed by atoms with Gasteiger partial charge >= 0.3 is 0 Å². The summed E-state index contributed by atoms with van der Waals surface area (Å²) in [6, 6.07) is 7.32. The van der Waals surface area contributed by atoms with E-state index < -0.39 is 0 Å². The molecule has 0 spiro atoms. The van der Waals surface area contributed by atoms with Gasteiger partial charge in [-0.3, -0.25) is 0 Å². The summed E-state index contributed by atoms with van der Waals surface area (Å²) < 4.78 is 0. The molecule has 20 heavy (non-hydrogen) atoms. The average Bonchev–Trinajstić information content (AvgIpc) is 3.09. The minimum absolute atomic E-state index is 0.0501.